The minimum absolute atomic E-state index is 0. The van der Waals surface area contributed by atoms with Crippen LogP contribution in [0.4, 0.5) is 13.2 Å². The van der Waals surface area contributed by atoms with Gasteiger partial charge in [-0.05, 0) is 13.8 Å². The van der Waals surface area contributed by atoms with Crippen LogP contribution in [0.5, 0.6) is 0 Å². The average molecular weight is 521 g/mol. The van der Waals surface area contributed by atoms with Crippen LogP contribution in [-0.2, 0) is 17.3 Å². The number of halogens is 4. The first-order chi connectivity index (χ1) is 12.2. The summed E-state index contributed by atoms with van der Waals surface area (Å²) in [6, 6.07) is 0. The van der Waals surface area contributed by atoms with E-state index in [9.17, 15) is 13.2 Å². The van der Waals surface area contributed by atoms with Crippen LogP contribution in [0.2, 0.25) is 0 Å². The van der Waals surface area contributed by atoms with Gasteiger partial charge < -0.3 is 15.4 Å². The Labute approximate surface area is 179 Å². The van der Waals surface area contributed by atoms with Gasteiger partial charge >= 0.3 is 6.18 Å². The summed E-state index contributed by atoms with van der Waals surface area (Å²) in [5, 5.41) is 7.91. The van der Waals surface area contributed by atoms with E-state index >= 15 is 0 Å². The number of hydrogen-bond acceptors (Lipinski definition) is 5. The molecule has 0 radical (unpaired) electrons. The number of thiazole rings is 1. The van der Waals surface area contributed by atoms with E-state index < -0.39 is 11.9 Å². The molecule has 0 unspecified atom stereocenters. The molecule has 0 aliphatic carbocycles. The second kappa shape index (κ2) is 10.8. The highest BCUT2D eigenvalue weighted by Crippen LogP contribution is 2.30. The number of rotatable bonds is 6. The summed E-state index contributed by atoms with van der Waals surface area (Å²) in [6.07, 6.45) is -3.97. The number of aromatic nitrogens is 1. The summed E-state index contributed by atoms with van der Waals surface area (Å²) in [5.74, 6) is 0.624. The molecule has 2 N–H and O–H groups in total. The number of alkyl halides is 3. The summed E-state index contributed by atoms with van der Waals surface area (Å²) < 4.78 is 43.1. The van der Waals surface area contributed by atoms with Gasteiger partial charge in [0.1, 0.15) is 0 Å². The molecule has 156 valence electrons. The maximum atomic E-state index is 12.6. The van der Waals surface area contributed by atoms with E-state index in [0.717, 1.165) is 43.0 Å². The van der Waals surface area contributed by atoms with Crippen molar-refractivity contribution in [2.45, 2.75) is 32.0 Å². The standard InChI is InChI=1S/C16H26F3N5OS.HI/c1-15(2,24-6-8-25-9-7-24)11-22-14(20-3)21-5-4-13-23-12(10-26-13)16(17,18)19;/h10H,4-9,11H2,1-3H3,(H2,20,21,22);1H. The minimum Gasteiger partial charge on any atom is -0.379 e. The minimum atomic E-state index is -4.38. The number of aliphatic imine (C=N–C) groups is 1. The lowest BCUT2D eigenvalue weighted by molar-refractivity contribution is -0.140. The van der Waals surface area contributed by atoms with Gasteiger partial charge in [0.25, 0.3) is 0 Å². The fourth-order valence-electron chi connectivity index (χ4n) is 2.64. The molecule has 1 aliphatic heterocycles. The van der Waals surface area contributed by atoms with Crippen molar-refractivity contribution in [3.05, 3.63) is 16.1 Å². The predicted molar refractivity (Wildman–Crippen MR) is 112 cm³/mol. The van der Waals surface area contributed by atoms with Crippen molar-refractivity contribution in [2.24, 2.45) is 4.99 Å². The molecule has 0 saturated carbocycles. The average Bonchev–Trinajstić information content (AvgIpc) is 3.08. The molecule has 1 aromatic rings. The first-order valence-corrected chi connectivity index (χ1v) is 9.39. The Kier molecular flexibility index (Phi) is 9.72. The Balaban J connectivity index is 0.00000364. The third kappa shape index (κ3) is 7.70. The first kappa shape index (κ1) is 24.4. The number of nitrogens with zero attached hydrogens (tertiary/aromatic N) is 3. The maximum Gasteiger partial charge on any atom is 0.434 e. The Morgan fingerprint density at radius 3 is 2.52 bits per heavy atom. The maximum absolute atomic E-state index is 12.6. The van der Waals surface area contributed by atoms with E-state index in [-0.39, 0.29) is 29.5 Å². The molecule has 0 bridgehead atoms. The van der Waals surface area contributed by atoms with Gasteiger partial charge in [0, 0.05) is 50.6 Å². The zero-order chi connectivity index (χ0) is 19.2. The summed E-state index contributed by atoms with van der Waals surface area (Å²) in [4.78, 5) is 10.2. The fraction of sp³-hybridized carbons (Fsp3) is 0.750. The van der Waals surface area contributed by atoms with Gasteiger partial charge in [0.2, 0.25) is 0 Å². The molecule has 1 aromatic heterocycles. The largest absolute Gasteiger partial charge is 0.434 e. The lowest BCUT2D eigenvalue weighted by Gasteiger charge is -2.41. The highest BCUT2D eigenvalue weighted by molar-refractivity contribution is 14.0. The van der Waals surface area contributed by atoms with Crippen LogP contribution in [0.25, 0.3) is 0 Å². The van der Waals surface area contributed by atoms with Gasteiger partial charge in [-0.15, -0.1) is 35.3 Å². The quantitative estimate of drug-likeness (QED) is 0.343. The molecule has 2 heterocycles. The van der Waals surface area contributed by atoms with Crippen molar-refractivity contribution in [3.8, 4) is 0 Å². The molecular weight excluding hydrogens is 494 g/mol. The van der Waals surface area contributed by atoms with Crippen molar-refractivity contribution in [3.63, 3.8) is 0 Å². The SMILES string of the molecule is CN=C(NCCc1nc(C(F)(F)F)cs1)NCC(C)(C)N1CCOCC1.I. The molecule has 1 aliphatic rings. The molecule has 1 saturated heterocycles. The highest BCUT2D eigenvalue weighted by Gasteiger charge is 2.33. The number of guanidine groups is 1. The summed E-state index contributed by atoms with van der Waals surface area (Å²) in [5.41, 5.74) is -0.884. The molecule has 2 rings (SSSR count). The van der Waals surface area contributed by atoms with E-state index in [1.54, 1.807) is 7.05 Å². The van der Waals surface area contributed by atoms with Crippen LogP contribution in [0.15, 0.2) is 10.4 Å². The topological polar surface area (TPSA) is 61.8 Å². The van der Waals surface area contributed by atoms with Crippen molar-refractivity contribution < 1.29 is 17.9 Å². The fourth-order valence-corrected chi connectivity index (χ4v) is 3.45. The third-order valence-electron chi connectivity index (χ3n) is 4.25. The molecule has 0 atom stereocenters. The lowest BCUT2D eigenvalue weighted by atomic mass is 10.0. The van der Waals surface area contributed by atoms with Gasteiger partial charge in [-0.2, -0.15) is 13.2 Å². The molecule has 0 amide bonds. The number of hydrogen-bond donors (Lipinski definition) is 2. The van der Waals surface area contributed by atoms with E-state index in [2.05, 4.69) is 39.4 Å². The number of ether oxygens (including phenoxy) is 1. The number of morpholine rings is 1. The predicted octanol–water partition coefficient (Wildman–Crippen LogP) is 2.60. The lowest BCUT2D eigenvalue weighted by Crippen LogP contribution is -2.56. The van der Waals surface area contributed by atoms with Crippen LogP contribution in [-0.4, -0.2) is 67.8 Å². The second-order valence-corrected chi connectivity index (χ2v) is 7.58. The second-order valence-electron chi connectivity index (χ2n) is 6.64. The molecule has 6 nitrogen and oxygen atoms in total. The molecule has 0 aromatic carbocycles. The highest BCUT2D eigenvalue weighted by atomic mass is 127. The van der Waals surface area contributed by atoms with Crippen molar-refractivity contribution in [1.82, 2.24) is 20.5 Å². The van der Waals surface area contributed by atoms with Crippen LogP contribution in [0, 0.1) is 0 Å². The van der Waals surface area contributed by atoms with E-state index in [0.29, 0.717) is 30.5 Å². The van der Waals surface area contributed by atoms with Crippen molar-refractivity contribution >= 4 is 41.3 Å². The van der Waals surface area contributed by atoms with Gasteiger partial charge in [-0.25, -0.2) is 4.98 Å². The Hall–Kier alpha value is -0.660. The van der Waals surface area contributed by atoms with Crippen molar-refractivity contribution in [1.29, 1.82) is 0 Å². The van der Waals surface area contributed by atoms with Crippen LogP contribution >= 0.6 is 35.3 Å². The van der Waals surface area contributed by atoms with Gasteiger partial charge in [0.15, 0.2) is 11.7 Å². The zero-order valence-corrected chi connectivity index (χ0v) is 18.9. The van der Waals surface area contributed by atoms with Crippen LogP contribution in [0.1, 0.15) is 24.5 Å². The monoisotopic (exact) mass is 521 g/mol. The van der Waals surface area contributed by atoms with Crippen LogP contribution in [0.3, 0.4) is 0 Å². The van der Waals surface area contributed by atoms with Crippen LogP contribution < -0.4 is 10.6 Å². The Bertz CT molecular complexity index is 603. The van der Waals surface area contributed by atoms with Gasteiger partial charge in [-0.1, -0.05) is 0 Å². The van der Waals surface area contributed by atoms with E-state index in [1.165, 1.54) is 0 Å². The van der Waals surface area contributed by atoms with E-state index in [1.807, 2.05) is 0 Å². The smallest absolute Gasteiger partial charge is 0.379 e. The molecule has 27 heavy (non-hydrogen) atoms. The number of nitrogens with one attached hydrogen (secondary N) is 2. The molecule has 11 heteroatoms. The summed E-state index contributed by atoms with van der Waals surface area (Å²) in [6.45, 7) is 8.75. The van der Waals surface area contributed by atoms with Gasteiger partial charge in [-0.3, -0.25) is 9.89 Å². The summed E-state index contributed by atoms with van der Waals surface area (Å²) >= 11 is 1.02. The third-order valence-corrected chi connectivity index (χ3v) is 5.16. The van der Waals surface area contributed by atoms with Crippen molar-refractivity contribution in [2.75, 3.05) is 46.4 Å². The zero-order valence-electron chi connectivity index (χ0n) is 15.7. The normalized spacial score (nSPS) is 16.7. The molecular formula is C16H27F3IN5OS. The Morgan fingerprint density at radius 2 is 1.96 bits per heavy atom. The van der Waals surface area contributed by atoms with E-state index in [4.69, 9.17) is 4.74 Å². The summed E-state index contributed by atoms with van der Waals surface area (Å²) in [7, 11) is 1.67. The molecule has 0 spiro atoms. The first-order valence-electron chi connectivity index (χ1n) is 8.51. The van der Waals surface area contributed by atoms with Gasteiger partial charge in [0.05, 0.1) is 18.2 Å². The Morgan fingerprint density at radius 1 is 1.30 bits per heavy atom. The molecule has 1 fully saturated rings.